The third kappa shape index (κ3) is 2.53. The SMILES string of the molecule is CCn1nc(C)cc1COC(=O)c1sccc1N. The van der Waals surface area contributed by atoms with Crippen LogP contribution in [0.15, 0.2) is 17.5 Å². The van der Waals surface area contributed by atoms with Gasteiger partial charge in [-0.05, 0) is 31.4 Å². The van der Waals surface area contributed by atoms with Crippen molar-refractivity contribution in [2.45, 2.75) is 27.0 Å². The van der Waals surface area contributed by atoms with Gasteiger partial charge < -0.3 is 10.5 Å². The molecule has 0 unspecified atom stereocenters. The molecule has 0 aromatic carbocycles. The van der Waals surface area contributed by atoms with Gasteiger partial charge in [-0.15, -0.1) is 11.3 Å². The first-order valence-corrected chi connectivity index (χ1v) is 6.53. The Hall–Kier alpha value is -1.82. The fourth-order valence-electron chi connectivity index (χ4n) is 1.68. The minimum atomic E-state index is -0.385. The van der Waals surface area contributed by atoms with Crippen LogP contribution in [0.3, 0.4) is 0 Å². The van der Waals surface area contributed by atoms with Gasteiger partial charge in [-0.25, -0.2) is 4.79 Å². The number of carbonyl (C=O) groups excluding carboxylic acids is 1. The predicted octanol–water partition coefficient (Wildman–Crippen LogP) is 2.21. The van der Waals surface area contributed by atoms with E-state index in [9.17, 15) is 4.79 Å². The molecule has 5 nitrogen and oxygen atoms in total. The van der Waals surface area contributed by atoms with Crippen molar-refractivity contribution in [2.75, 3.05) is 5.73 Å². The van der Waals surface area contributed by atoms with E-state index in [-0.39, 0.29) is 12.6 Å². The number of hydrogen-bond donors (Lipinski definition) is 1. The number of carbonyl (C=O) groups is 1. The fraction of sp³-hybridized carbons (Fsp3) is 0.333. The van der Waals surface area contributed by atoms with Crippen LogP contribution >= 0.6 is 11.3 Å². The van der Waals surface area contributed by atoms with E-state index in [2.05, 4.69) is 5.10 Å². The maximum atomic E-state index is 11.8. The summed E-state index contributed by atoms with van der Waals surface area (Å²) in [5, 5.41) is 6.06. The molecule has 2 rings (SSSR count). The molecule has 6 heteroatoms. The Bertz CT molecular complexity index is 559. The second-order valence-electron chi connectivity index (χ2n) is 3.87. The molecule has 0 bridgehead atoms. The first-order valence-electron chi connectivity index (χ1n) is 5.65. The van der Waals surface area contributed by atoms with E-state index >= 15 is 0 Å². The summed E-state index contributed by atoms with van der Waals surface area (Å²) in [6, 6.07) is 3.61. The second kappa shape index (κ2) is 5.22. The summed E-state index contributed by atoms with van der Waals surface area (Å²) in [5.41, 5.74) is 7.93. The number of hydrogen-bond acceptors (Lipinski definition) is 5. The summed E-state index contributed by atoms with van der Waals surface area (Å²) in [6.45, 7) is 4.87. The Morgan fingerprint density at radius 1 is 1.61 bits per heavy atom. The normalized spacial score (nSPS) is 10.6. The molecule has 0 fully saturated rings. The van der Waals surface area contributed by atoms with Crippen LogP contribution in [0.4, 0.5) is 5.69 Å². The maximum Gasteiger partial charge on any atom is 0.350 e. The fourth-order valence-corrected chi connectivity index (χ4v) is 2.39. The molecule has 0 aliphatic heterocycles. The van der Waals surface area contributed by atoms with Gasteiger partial charge in [-0.3, -0.25) is 4.68 Å². The van der Waals surface area contributed by atoms with Gasteiger partial charge >= 0.3 is 5.97 Å². The monoisotopic (exact) mass is 265 g/mol. The first kappa shape index (κ1) is 12.6. The number of nitrogens with two attached hydrogens (primary N) is 1. The Morgan fingerprint density at radius 2 is 2.39 bits per heavy atom. The van der Waals surface area contributed by atoms with Crippen molar-refractivity contribution in [1.82, 2.24) is 9.78 Å². The Morgan fingerprint density at radius 3 is 3.00 bits per heavy atom. The zero-order valence-corrected chi connectivity index (χ0v) is 11.2. The van der Waals surface area contributed by atoms with Gasteiger partial charge in [0.1, 0.15) is 11.5 Å². The molecular weight excluding hydrogens is 250 g/mol. The van der Waals surface area contributed by atoms with E-state index in [1.165, 1.54) is 11.3 Å². The van der Waals surface area contributed by atoms with Crippen molar-refractivity contribution in [3.8, 4) is 0 Å². The summed E-state index contributed by atoms with van der Waals surface area (Å²) in [4.78, 5) is 12.2. The molecule has 0 aliphatic carbocycles. The van der Waals surface area contributed by atoms with Crippen molar-refractivity contribution in [3.63, 3.8) is 0 Å². The predicted molar refractivity (Wildman–Crippen MR) is 70.5 cm³/mol. The molecule has 0 aliphatic rings. The lowest BCUT2D eigenvalue weighted by Gasteiger charge is -2.05. The minimum absolute atomic E-state index is 0.213. The number of ether oxygens (including phenoxy) is 1. The summed E-state index contributed by atoms with van der Waals surface area (Å²) in [5.74, 6) is -0.385. The lowest BCUT2D eigenvalue weighted by molar-refractivity contribution is 0.0469. The average molecular weight is 265 g/mol. The third-order valence-electron chi connectivity index (χ3n) is 2.52. The maximum absolute atomic E-state index is 11.8. The molecule has 0 saturated carbocycles. The van der Waals surface area contributed by atoms with Crippen molar-refractivity contribution < 1.29 is 9.53 Å². The van der Waals surface area contributed by atoms with Gasteiger partial charge in [0.15, 0.2) is 0 Å². The van der Waals surface area contributed by atoms with Crippen LogP contribution in [0, 0.1) is 6.92 Å². The lowest BCUT2D eigenvalue weighted by Crippen LogP contribution is -2.09. The van der Waals surface area contributed by atoms with Crippen LogP contribution in [0.2, 0.25) is 0 Å². The van der Waals surface area contributed by atoms with Gasteiger partial charge in [-0.2, -0.15) is 5.10 Å². The van der Waals surface area contributed by atoms with Crippen LogP contribution in [0.1, 0.15) is 28.0 Å². The van der Waals surface area contributed by atoms with E-state index in [4.69, 9.17) is 10.5 Å². The van der Waals surface area contributed by atoms with Gasteiger partial charge in [-0.1, -0.05) is 0 Å². The summed E-state index contributed by atoms with van der Waals surface area (Å²) < 4.78 is 7.06. The Balaban J connectivity index is 2.03. The first-order chi connectivity index (χ1) is 8.61. The van der Waals surface area contributed by atoms with Gasteiger partial charge in [0.05, 0.1) is 17.1 Å². The molecule has 0 atom stereocenters. The average Bonchev–Trinajstić information content (AvgIpc) is 2.92. The highest BCUT2D eigenvalue weighted by Crippen LogP contribution is 2.20. The molecule has 0 spiro atoms. The van der Waals surface area contributed by atoms with Crippen molar-refractivity contribution in [1.29, 1.82) is 0 Å². The molecule has 18 heavy (non-hydrogen) atoms. The molecular formula is C12H15N3O2S. The summed E-state index contributed by atoms with van der Waals surface area (Å²) >= 11 is 1.29. The molecule has 96 valence electrons. The number of anilines is 1. The van der Waals surface area contributed by atoms with Crippen LogP contribution in [0.25, 0.3) is 0 Å². The lowest BCUT2D eigenvalue weighted by atomic mass is 10.4. The van der Waals surface area contributed by atoms with E-state index in [0.717, 1.165) is 17.9 Å². The molecule has 2 aromatic heterocycles. The van der Waals surface area contributed by atoms with Gasteiger partial charge in [0.2, 0.25) is 0 Å². The smallest absolute Gasteiger partial charge is 0.350 e. The largest absolute Gasteiger partial charge is 0.455 e. The van der Waals surface area contributed by atoms with Crippen molar-refractivity contribution in [3.05, 3.63) is 33.8 Å². The molecule has 2 heterocycles. The number of aromatic nitrogens is 2. The van der Waals surface area contributed by atoms with E-state index in [1.54, 1.807) is 11.4 Å². The number of nitrogen functional groups attached to an aromatic ring is 1. The second-order valence-corrected chi connectivity index (χ2v) is 4.79. The molecule has 0 radical (unpaired) electrons. The van der Waals surface area contributed by atoms with Gasteiger partial charge in [0, 0.05) is 6.54 Å². The molecule has 2 aromatic rings. The summed E-state index contributed by atoms with van der Waals surface area (Å²) in [7, 11) is 0. The van der Waals surface area contributed by atoms with E-state index < -0.39 is 0 Å². The van der Waals surface area contributed by atoms with Crippen LogP contribution in [-0.4, -0.2) is 15.7 Å². The molecule has 2 N–H and O–H groups in total. The number of thiophene rings is 1. The third-order valence-corrected chi connectivity index (χ3v) is 3.43. The quantitative estimate of drug-likeness (QED) is 0.860. The highest BCUT2D eigenvalue weighted by Gasteiger charge is 2.14. The number of esters is 1. The standard InChI is InChI=1S/C12H15N3O2S/c1-3-15-9(6-8(2)14-15)7-17-12(16)11-10(13)4-5-18-11/h4-6H,3,7,13H2,1-2H3. The highest BCUT2D eigenvalue weighted by atomic mass is 32.1. The van der Waals surface area contributed by atoms with Crippen LogP contribution in [0.5, 0.6) is 0 Å². The highest BCUT2D eigenvalue weighted by molar-refractivity contribution is 7.12. The minimum Gasteiger partial charge on any atom is -0.455 e. The zero-order chi connectivity index (χ0) is 13.1. The number of aryl methyl sites for hydroxylation is 2. The van der Waals surface area contributed by atoms with Crippen LogP contribution in [-0.2, 0) is 17.9 Å². The summed E-state index contributed by atoms with van der Waals surface area (Å²) in [6.07, 6.45) is 0. The molecule has 0 amide bonds. The van der Waals surface area contributed by atoms with E-state index in [0.29, 0.717) is 10.6 Å². The number of nitrogens with zero attached hydrogens (tertiary/aromatic N) is 2. The zero-order valence-electron chi connectivity index (χ0n) is 10.3. The van der Waals surface area contributed by atoms with E-state index in [1.807, 2.05) is 24.6 Å². The number of rotatable bonds is 4. The van der Waals surface area contributed by atoms with Crippen molar-refractivity contribution >= 4 is 23.0 Å². The van der Waals surface area contributed by atoms with Crippen molar-refractivity contribution in [2.24, 2.45) is 0 Å². The van der Waals surface area contributed by atoms with Crippen LogP contribution < -0.4 is 5.73 Å². The Labute approximate surface area is 109 Å². The van der Waals surface area contributed by atoms with Gasteiger partial charge in [0.25, 0.3) is 0 Å². The molecule has 0 saturated heterocycles. The Kier molecular flexibility index (Phi) is 3.66. The topological polar surface area (TPSA) is 70.1 Å².